The summed E-state index contributed by atoms with van der Waals surface area (Å²) in [6.45, 7) is 5.78. The Balaban J connectivity index is 1.42. The van der Waals surface area contributed by atoms with Crippen LogP contribution >= 0.6 is 11.3 Å². The molecule has 2 bridgehead atoms. The van der Waals surface area contributed by atoms with Gasteiger partial charge in [0.1, 0.15) is 22.4 Å². The van der Waals surface area contributed by atoms with Gasteiger partial charge in [0.2, 0.25) is 5.95 Å². The standard InChI is InChI=1S/C31H33F2N9OS/c1-31(40(2)3)6-7-41(14-31)30-38-26-23(29(39-30)42-15-4-5-16(42)10-36-9-15)19-13-43-12-18(19)21(24(26)33)25-22-17(8-34)28(35)44-27(22)20(32)11-37-25/h11,15-16,36H,4-7,9-10,12-14,35H2,1-3H3/t15?,16?,31-/m0/s1. The predicted octanol–water partition coefficient (Wildman–Crippen LogP) is 4.14. The van der Waals surface area contributed by atoms with Crippen LogP contribution in [0.25, 0.3) is 32.2 Å². The lowest BCUT2D eigenvalue weighted by atomic mass is 9.93. The molecule has 7 heterocycles. The highest BCUT2D eigenvalue weighted by molar-refractivity contribution is 7.23. The van der Waals surface area contributed by atoms with Crippen LogP contribution in [0.2, 0.25) is 0 Å². The van der Waals surface area contributed by atoms with Gasteiger partial charge in [-0.15, -0.1) is 11.3 Å². The van der Waals surface area contributed by atoms with E-state index in [1.165, 1.54) is 0 Å². The first kappa shape index (κ1) is 27.8. The molecule has 0 saturated carbocycles. The van der Waals surface area contributed by atoms with Crippen LogP contribution in [-0.2, 0) is 18.0 Å². The zero-order valence-electron chi connectivity index (χ0n) is 24.9. The molecule has 0 amide bonds. The van der Waals surface area contributed by atoms with Crippen LogP contribution in [0.3, 0.4) is 0 Å². The Hall–Kier alpha value is -3.70. The third-order valence-corrected chi connectivity index (χ3v) is 11.3. The molecule has 4 aliphatic heterocycles. The van der Waals surface area contributed by atoms with Crippen molar-refractivity contribution in [2.75, 3.05) is 55.8 Å². The van der Waals surface area contributed by atoms with Gasteiger partial charge in [0, 0.05) is 54.8 Å². The molecule has 3 saturated heterocycles. The lowest BCUT2D eigenvalue weighted by Gasteiger charge is -2.37. The summed E-state index contributed by atoms with van der Waals surface area (Å²) in [5.41, 5.74) is 8.16. The van der Waals surface area contributed by atoms with E-state index in [-0.39, 0.29) is 68.3 Å². The van der Waals surface area contributed by atoms with Gasteiger partial charge in [-0.25, -0.2) is 13.8 Å². The maximum Gasteiger partial charge on any atom is 0.228 e. The summed E-state index contributed by atoms with van der Waals surface area (Å²) >= 11 is 0.969. The lowest BCUT2D eigenvalue weighted by molar-refractivity contribution is 0.135. The van der Waals surface area contributed by atoms with Crippen LogP contribution in [-0.4, -0.2) is 77.7 Å². The van der Waals surface area contributed by atoms with Crippen molar-refractivity contribution in [1.82, 2.24) is 25.2 Å². The van der Waals surface area contributed by atoms with Gasteiger partial charge in [0.25, 0.3) is 0 Å². The lowest BCUT2D eigenvalue weighted by Crippen LogP contribution is -2.52. The number of likely N-dealkylation sites (N-methyl/N-ethyl adjacent to an activating group) is 1. The second-order valence-corrected chi connectivity index (χ2v) is 13.9. The van der Waals surface area contributed by atoms with Gasteiger partial charge < -0.3 is 30.5 Å². The van der Waals surface area contributed by atoms with Crippen molar-refractivity contribution in [1.29, 1.82) is 5.26 Å². The normalized spacial score (nSPS) is 24.7. The van der Waals surface area contributed by atoms with Gasteiger partial charge in [-0.1, -0.05) is 0 Å². The molecule has 3 fully saturated rings. The number of anilines is 3. The van der Waals surface area contributed by atoms with Crippen LogP contribution in [0.15, 0.2) is 6.20 Å². The van der Waals surface area contributed by atoms with Gasteiger partial charge in [-0.2, -0.15) is 10.2 Å². The Morgan fingerprint density at radius 1 is 1.16 bits per heavy atom. The van der Waals surface area contributed by atoms with Crippen molar-refractivity contribution >= 4 is 49.1 Å². The molecule has 13 heteroatoms. The van der Waals surface area contributed by atoms with Crippen molar-refractivity contribution in [2.24, 2.45) is 0 Å². The largest absolute Gasteiger partial charge is 0.389 e. The minimum absolute atomic E-state index is 0.0712. The maximum absolute atomic E-state index is 17.3. The van der Waals surface area contributed by atoms with E-state index in [4.69, 9.17) is 20.4 Å². The van der Waals surface area contributed by atoms with Gasteiger partial charge in [0.05, 0.1) is 40.8 Å². The van der Waals surface area contributed by atoms with Gasteiger partial charge in [-0.3, -0.25) is 4.98 Å². The number of aromatic nitrogens is 3. The molecule has 8 rings (SSSR count). The number of nitrogens with two attached hydrogens (primary N) is 1. The number of halogens is 2. The van der Waals surface area contributed by atoms with E-state index in [9.17, 15) is 9.65 Å². The molecule has 0 spiro atoms. The number of hydrogen-bond donors (Lipinski definition) is 2. The molecule has 4 aliphatic rings. The fourth-order valence-corrected chi connectivity index (χ4v) is 8.49. The highest BCUT2D eigenvalue weighted by Crippen LogP contribution is 2.48. The Labute approximate surface area is 257 Å². The Bertz CT molecular complexity index is 1890. The molecule has 228 valence electrons. The quantitative estimate of drug-likeness (QED) is 0.346. The molecule has 3 atom stereocenters. The summed E-state index contributed by atoms with van der Waals surface area (Å²) < 4.78 is 38.4. The summed E-state index contributed by atoms with van der Waals surface area (Å²) in [5.74, 6) is 0.0733. The maximum atomic E-state index is 17.3. The average Bonchev–Trinajstić information content (AvgIpc) is 3.78. The predicted molar refractivity (Wildman–Crippen MR) is 167 cm³/mol. The van der Waals surface area contributed by atoms with Crippen molar-refractivity contribution in [2.45, 2.75) is 57.0 Å². The monoisotopic (exact) mass is 617 g/mol. The van der Waals surface area contributed by atoms with E-state index in [2.05, 4.69) is 52.1 Å². The first-order chi connectivity index (χ1) is 21.2. The van der Waals surface area contributed by atoms with Gasteiger partial charge >= 0.3 is 0 Å². The fourth-order valence-electron chi connectivity index (χ4n) is 7.57. The smallest absolute Gasteiger partial charge is 0.228 e. The molecule has 4 aromatic rings. The Morgan fingerprint density at radius 3 is 2.61 bits per heavy atom. The molecule has 1 aromatic carbocycles. The Morgan fingerprint density at radius 2 is 1.91 bits per heavy atom. The summed E-state index contributed by atoms with van der Waals surface area (Å²) in [5, 5.41) is 14.5. The molecule has 3 N–H and O–H groups in total. The van der Waals surface area contributed by atoms with Gasteiger partial charge in [-0.05, 0) is 51.4 Å². The topological polar surface area (TPSA) is 119 Å². The molecule has 0 radical (unpaired) electrons. The van der Waals surface area contributed by atoms with Gasteiger partial charge in [0.15, 0.2) is 11.6 Å². The first-order valence-electron chi connectivity index (χ1n) is 15.0. The second kappa shape index (κ2) is 9.90. The number of ether oxygens (including phenoxy) is 1. The fraction of sp³-hybridized carbons (Fsp3) is 0.484. The van der Waals surface area contributed by atoms with Crippen LogP contribution in [0.1, 0.15) is 42.9 Å². The molecule has 3 aromatic heterocycles. The first-order valence-corrected chi connectivity index (χ1v) is 15.8. The van der Waals surface area contributed by atoms with Crippen molar-refractivity contribution < 1.29 is 13.5 Å². The number of thiophene rings is 1. The SMILES string of the molecule is CN(C)[C@@]1(C)CCN(c2nc(N3C4CCC3CNC4)c3c4c(c(-c5ncc(F)c6sc(N)c(C#N)c56)c(F)c3n2)COC4)C1. The second-order valence-electron chi connectivity index (χ2n) is 12.8. The molecule has 0 aliphatic carbocycles. The van der Waals surface area contributed by atoms with Crippen LogP contribution in [0.5, 0.6) is 0 Å². The molecular formula is C31H33F2N9OS. The van der Waals surface area contributed by atoms with E-state index in [0.29, 0.717) is 23.4 Å². The van der Waals surface area contributed by atoms with Crippen molar-refractivity contribution in [3.05, 3.63) is 34.5 Å². The van der Waals surface area contributed by atoms with E-state index in [1.807, 2.05) is 0 Å². The number of nitrogens with zero attached hydrogens (tertiary/aromatic N) is 7. The number of nitriles is 1. The van der Waals surface area contributed by atoms with Crippen molar-refractivity contribution in [3.8, 4) is 17.3 Å². The summed E-state index contributed by atoms with van der Waals surface area (Å²) in [6.07, 6.45) is 4.07. The minimum atomic E-state index is -0.602. The van der Waals surface area contributed by atoms with E-state index >= 15 is 4.39 Å². The van der Waals surface area contributed by atoms with Crippen molar-refractivity contribution in [3.63, 3.8) is 0 Å². The zero-order valence-corrected chi connectivity index (χ0v) is 25.7. The average molecular weight is 618 g/mol. The number of pyridine rings is 1. The third-order valence-electron chi connectivity index (χ3n) is 10.2. The summed E-state index contributed by atoms with van der Waals surface area (Å²) in [7, 11) is 4.15. The summed E-state index contributed by atoms with van der Waals surface area (Å²) in [4.78, 5) is 21.3. The van der Waals surface area contributed by atoms with Crippen LogP contribution in [0, 0.1) is 23.0 Å². The zero-order chi connectivity index (χ0) is 30.5. The number of nitrogen functional groups attached to an aromatic ring is 1. The van der Waals surface area contributed by atoms with Crippen LogP contribution < -0.4 is 20.9 Å². The number of benzene rings is 1. The van der Waals surface area contributed by atoms with E-state index in [0.717, 1.165) is 67.8 Å². The number of fused-ring (bicyclic) bond motifs is 6. The third kappa shape index (κ3) is 3.87. The van der Waals surface area contributed by atoms with E-state index in [1.54, 1.807) is 0 Å². The molecular weight excluding hydrogens is 584 g/mol. The highest BCUT2D eigenvalue weighted by atomic mass is 32.1. The number of nitrogens with one attached hydrogen (secondary N) is 1. The summed E-state index contributed by atoms with van der Waals surface area (Å²) in [6, 6.07) is 2.58. The number of piperazine rings is 1. The Kier molecular flexibility index (Phi) is 6.26. The van der Waals surface area contributed by atoms with E-state index < -0.39 is 11.6 Å². The molecule has 2 unspecified atom stereocenters. The number of hydrogen-bond acceptors (Lipinski definition) is 11. The molecule has 44 heavy (non-hydrogen) atoms. The van der Waals surface area contributed by atoms with Crippen LogP contribution in [0.4, 0.5) is 25.5 Å². The highest BCUT2D eigenvalue weighted by Gasteiger charge is 2.42. The molecule has 10 nitrogen and oxygen atoms in total. The minimum Gasteiger partial charge on any atom is -0.389 e. The number of rotatable bonds is 4.